The maximum Gasteiger partial charge on any atom is 0.408 e. The Labute approximate surface area is 358 Å². The zero-order chi connectivity index (χ0) is 42.2. The molecule has 1 heterocycles. The van der Waals surface area contributed by atoms with Gasteiger partial charge in [-0.1, -0.05) is 133 Å². The number of rotatable bonds is 18. The van der Waals surface area contributed by atoms with Crippen LogP contribution in [0.15, 0.2) is 146 Å². The highest BCUT2D eigenvalue weighted by Crippen LogP contribution is 2.48. The summed E-state index contributed by atoms with van der Waals surface area (Å²) in [7, 11) is 0. The molecule has 10 nitrogen and oxygen atoms in total. The fourth-order valence-corrected chi connectivity index (χ4v) is 8.63. The number of carbonyl (C=O) groups excluding carboxylic acids is 3. The highest BCUT2D eigenvalue weighted by Gasteiger charge is 2.39. The van der Waals surface area contributed by atoms with E-state index in [1.807, 2.05) is 109 Å². The molecule has 1 fully saturated rings. The van der Waals surface area contributed by atoms with Crippen molar-refractivity contribution in [3.63, 3.8) is 0 Å². The fourth-order valence-electron chi connectivity index (χ4n) is 7.07. The van der Waals surface area contributed by atoms with Gasteiger partial charge in [0, 0.05) is 38.4 Å². The molecule has 0 aromatic heterocycles. The molecule has 1 aliphatic rings. The van der Waals surface area contributed by atoms with Crippen LogP contribution in [0.2, 0.25) is 0 Å². The molecule has 0 aliphatic carbocycles. The number of amides is 3. The monoisotopic (exact) mass is 828 g/mol. The maximum absolute atomic E-state index is 14.7. The SMILES string of the molecule is CC(C)(C)OC(=O)N[C@@H](CSC(c1ccccc1)(c1ccccc1)c1ccccc1)C(=O)N[C@@H](Cc1ccc(OCc2ccccc2)cc1)C(=O)NCCN1CCOCC1. The molecular formula is C49H56N4O6S. The summed E-state index contributed by atoms with van der Waals surface area (Å²) in [6, 6.07) is 45.9. The van der Waals surface area contributed by atoms with E-state index in [1.54, 1.807) is 20.8 Å². The first-order chi connectivity index (χ1) is 29.1. The van der Waals surface area contributed by atoms with Crippen molar-refractivity contribution in [3.8, 4) is 5.75 Å². The number of nitrogens with one attached hydrogen (secondary N) is 3. The second-order valence-corrected chi connectivity index (χ2v) is 17.0. The Morgan fingerprint density at radius 2 is 1.20 bits per heavy atom. The van der Waals surface area contributed by atoms with Gasteiger partial charge in [-0.05, 0) is 60.7 Å². The molecule has 314 valence electrons. The van der Waals surface area contributed by atoms with Crippen molar-refractivity contribution in [1.29, 1.82) is 0 Å². The molecule has 5 aromatic rings. The average molecular weight is 829 g/mol. The number of benzene rings is 5. The van der Waals surface area contributed by atoms with Crippen molar-refractivity contribution < 1.29 is 28.6 Å². The summed E-state index contributed by atoms with van der Waals surface area (Å²) in [6.07, 6.45) is -0.520. The molecule has 3 amide bonds. The summed E-state index contributed by atoms with van der Waals surface area (Å²) in [4.78, 5) is 44.4. The van der Waals surface area contributed by atoms with Crippen LogP contribution in [0.25, 0.3) is 0 Å². The predicted octanol–water partition coefficient (Wildman–Crippen LogP) is 7.36. The van der Waals surface area contributed by atoms with Gasteiger partial charge in [-0.25, -0.2) is 4.79 Å². The van der Waals surface area contributed by atoms with Crippen LogP contribution in [0, 0.1) is 0 Å². The molecule has 5 aromatic carbocycles. The second kappa shape index (κ2) is 21.6. The number of thioether (sulfide) groups is 1. The van der Waals surface area contributed by atoms with Gasteiger partial charge in [-0.3, -0.25) is 14.5 Å². The van der Waals surface area contributed by atoms with Crippen LogP contribution >= 0.6 is 11.8 Å². The van der Waals surface area contributed by atoms with Crippen LogP contribution < -0.4 is 20.7 Å². The lowest BCUT2D eigenvalue weighted by Gasteiger charge is -2.36. The van der Waals surface area contributed by atoms with Gasteiger partial charge < -0.3 is 30.2 Å². The number of carbonyl (C=O) groups is 3. The third kappa shape index (κ3) is 12.7. The summed E-state index contributed by atoms with van der Waals surface area (Å²) < 4.78 is 16.4. The number of hydrogen-bond acceptors (Lipinski definition) is 8. The topological polar surface area (TPSA) is 118 Å². The van der Waals surface area contributed by atoms with E-state index in [4.69, 9.17) is 14.2 Å². The minimum Gasteiger partial charge on any atom is -0.489 e. The first-order valence-corrected chi connectivity index (χ1v) is 21.5. The van der Waals surface area contributed by atoms with Gasteiger partial charge >= 0.3 is 6.09 Å². The molecule has 0 saturated carbocycles. The van der Waals surface area contributed by atoms with Gasteiger partial charge in [0.2, 0.25) is 11.8 Å². The van der Waals surface area contributed by atoms with Crippen LogP contribution in [0.3, 0.4) is 0 Å². The van der Waals surface area contributed by atoms with Crippen molar-refractivity contribution in [2.45, 2.75) is 56.2 Å². The van der Waals surface area contributed by atoms with Crippen molar-refractivity contribution in [1.82, 2.24) is 20.9 Å². The molecule has 3 N–H and O–H groups in total. The first-order valence-electron chi connectivity index (χ1n) is 20.5. The molecule has 60 heavy (non-hydrogen) atoms. The van der Waals surface area contributed by atoms with Gasteiger partial charge in [0.15, 0.2) is 0 Å². The van der Waals surface area contributed by atoms with E-state index < -0.39 is 34.4 Å². The molecule has 0 radical (unpaired) electrons. The highest BCUT2D eigenvalue weighted by molar-refractivity contribution is 8.00. The minimum absolute atomic E-state index is 0.141. The molecule has 1 aliphatic heterocycles. The Hall–Kier alpha value is -5.62. The van der Waals surface area contributed by atoms with E-state index in [2.05, 4.69) is 57.2 Å². The van der Waals surface area contributed by atoms with E-state index in [-0.39, 0.29) is 18.1 Å². The van der Waals surface area contributed by atoms with E-state index in [0.29, 0.717) is 38.7 Å². The predicted molar refractivity (Wildman–Crippen MR) is 238 cm³/mol. The number of morpholine rings is 1. The lowest BCUT2D eigenvalue weighted by Crippen LogP contribution is -2.56. The lowest BCUT2D eigenvalue weighted by molar-refractivity contribution is -0.129. The average Bonchev–Trinajstić information content (AvgIpc) is 3.27. The van der Waals surface area contributed by atoms with Crippen LogP contribution in [-0.2, 0) is 36.8 Å². The lowest BCUT2D eigenvalue weighted by atomic mass is 9.84. The standard InChI is InChI=1S/C49H56N4O6S/c1-48(2,3)59-47(56)52-44(36-60-49(39-18-10-5-11-19-39,40-20-12-6-13-21-40)41-22-14-7-15-23-41)46(55)51-43(45(54)50-28-29-53-30-32-57-33-31-53)34-37-24-26-42(27-25-37)58-35-38-16-8-4-9-17-38/h4-27,43-44H,28-36H2,1-3H3,(H,50,54)(H,51,55)(H,52,56)/t43-,44-/m0/s1. The number of hydrogen-bond donors (Lipinski definition) is 3. The molecular weight excluding hydrogens is 773 g/mol. The van der Waals surface area contributed by atoms with Gasteiger partial charge in [0.25, 0.3) is 0 Å². The van der Waals surface area contributed by atoms with Crippen LogP contribution in [-0.4, -0.2) is 85.6 Å². The number of nitrogens with zero attached hydrogens (tertiary/aromatic N) is 1. The second-order valence-electron chi connectivity index (χ2n) is 15.7. The Morgan fingerprint density at radius 1 is 0.667 bits per heavy atom. The molecule has 2 atom stereocenters. The van der Waals surface area contributed by atoms with Crippen LogP contribution in [0.5, 0.6) is 5.75 Å². The fraction of sp³-hybridized carbons (Fsp3) is 0.327. The third-order valence-corrected chi connectivity index (χ3v) is 11.7. The minimum atomic E-state index is -1.09. The quantitative estimate of drug-likeness (QED) is 0.0786. The normalized spacial score (nSPS) is 14.3. The largest absolute Gasteiger partial charge is 0.489 e. The van der Waals surface area contributed by atoms with E-state index in [9.17, 15) is 14.4 Å². The van der Waals surface area contributed by atoms with E-state index >= 15 is 0 Å². The van der Waals surface area contributed by atoms with Crippen molar-refractivity contribution >= 4 is 29.7 Å². The number of ether oxygens (including phenoxy) is 3. The third-order valence-electron chi connectivity index (χ3n) is 10.1. The molecule has 0 unspecified atom stereocenters. The summed E-state index contributed by atoms with van der Waals surface area (Å²) in [6.45, 7) is 9.70. The Kier molecular flexibility index (Phi) is 15.8. The molecule has 11 heteroatoms. The summed E-state index contributed by atoms with van der Waals surface area (Å²) >= 11 is 1.54. The van der Waals surface area contributed by atoms with Gasteiger partial charge in [0.05, 0.1) is 18.0 Å². The maximum atomic E-state index is 14.7. The van der Waals surface area contributed by atoms with Crippen molar-refractivity contribution in [2.75, 3.05) is 45.1 Å². The van der Waals surface area contributed by atoms with E-state index in [1.165, 1.54) is 11.8 Å². The Bertz CT molecular complexity index is 1980. The van der Waals surface area contributed by atoms with E-state index in [0.717, 1.165) is 40.9 Å². The summed E-state index contributed by atoms with van der Waals surface area (Å²) in [5.74, 6) is 0.00257. The van der Waals surface area contributed by atoms with Crippen LogP contribution in [0.4, 0.5) is 4.79 Å². The van der Waals surface area contributed by atoms with Crippen molar-refractivity contribution in [2.24, 2.45) is 0 Å². The smallest absolute Gasteiger partial charge is 0.408 e. The molecule has 6 rings (SSSR count). The van der Waals surface area contributed by atoms with Gasteiger partial charge in [0.1, 0.15) is 30.0 Å². The Balaban J connectivity index is 1.27. The molecule has 0 spiro atoms. The van der Waals surface area contributed by atoms with Gasteiger partial charge in [-0.2, -0.15) is 0 Å². The van der Waals surface area contributed by atoms with Crippen LogP contribution in [0.1, 0.15) is 48.6 Å². The zero-order valence-corrected chi connectivity index (χ0v) is 35.5. The Morgan fingerprint density at radius 3 is 1.73 bits per heavy atom. The summed E-state index contributed by atoms with van der Waals surface area (Å²) in [5.41, 5.74) is 4.12. The molecule has 0 bridgehead atoms. The first kappa shape index (κ1) is 43.9. The highest BCUT2D eigenvalue weighted by atomic mass is 32.2. The zero-order valence-electron chi connectivity index (χ0n) is 34.7. The summed E-state index contributed by atoms with van der Waals surface area (Å²) in [5, 5.41) is 8.97. The number of alkyl carbamates (subject to hydrolysis) is 1. The molecule has 1 saturated heterocycles. The van der Waals surface area contributed by atoms with Crippen molar-refractivity contribution in [3.05, 3.63) is 173 Å². The van der Waals surface area contributed by atoms with Gasteiger partial charge in [-0.15, -0.1) is 11.8 Å².